The van der Waals surface area contributed by atoms with E-state index in [0.29, 0.717) is 23.1 Å². The van der Waals surface area contributed by atoms with Crippen LogP contribution in [0.2, 0.25) is 5.02 Å². The minimum Gasteiger partial charge on any atom is -0.493 e. The maximum Gasteiger partial charge on any atom is 0.221 e. The van der Waals surface area contributed by atoms with E-state index in [0.717, 1.165) is 16.9 Å². The third-order valence-electron chi connectivity index (χ3n) is 3.36. The highest BCUT2D eigenvalue weighted by Crippen LogP contribution is 2.36. The van der Waals surface area contributed by atoms with Crippen molar-refractivity contribution < 1.29 is 14.3 Å². The van der Waals surface area contributed by atoms with Crippen molar-refractivity contribution in [3.8, 4) is 11.5 Å². The number of hydrogen-bond acceptors (Lipinski definition) is 4. The molecule has 0 radical (unpaired) electrons. The summed E-state index contributed by atoms with van der Waals surface area (Å²) in [6.07, 6.45) is 0.0192. The Morgan fingerprint density at radius 2 is 1.80 bits per heavy atom. The molecule has 0 aromatic heterocycles. The monoisotopic (exact) mass is 362 g/mol. The third-order valence-corrected chi connectivity index (χ3v) is 3.58. The van der Waals surface area contributed by atoms with E-state index < -0.39 is 0 Å². The number of amides is 1. The Bertz CT molecular complexity index is 730. The molecule has 2 aromatic rings. The standard InChI is InChI=1S/C19H23ClN2O3/c1-12(2)25-19-14(9-15(20)10-18(19)24-4)11-21-16-5-7-17(8-6-16)22-13(3)23/h5-10,12,21H,11H2,1-4H3,(H,22,23). The van der Waals surface area contributed by atoms with E-state index in [1.165, 1.54) is 6.92 Å². The average Bonchev–Trinajstić information content (AvgIpc) is 2.55. The largest absolute Gasteiger partial charge is 0.493 e. The SMILES string of the molecule is COc1cc(Cl)cc(CNc2ccc(NC(C)=O)cc2)c1OC(C)C. The molecule has 0 aliphatic heterocycles. The fraction of sp³-hybridized carbons (Fsp3) is 0.316. The van der Waals surface area contributed by atoms with Crippen LogP contribution in [-0.2, 0) is 11.3 Å². The summed E-state index contributed by atoms with van der Waals surface area (Å²) >= 11 is 6.18. The Hall–Kier alpha value is -2.40. The maximum atomic E-state index is 11.1. The lowest BCUT2D eigenvalue weighted by atomic mass is 10.1. The van der Waals surface area contributed by atoms with Crippen molar-refractivity contribution in [2.24, 2.45) is 0 Å². The highest BCUT2D eigenvalue weighted by Gasteiger charge is 2.14. The van der Waals surface area contributed by atoms with Crippen molar-refractivity contribution >= 4 is 28.9 Å². The molecule has 2 aromatic carbocycles. The van der Waals surface area contributed by atoms with Crippen LogP contribution in [0.15, 0.2) is 36.4 Å². The number of benzene rings is 2. The predicted molar refractivity (Wildman–Crippen MR) is 102 cm³/mol. The van der Waals surface area contributed by atoms with Crippen molar-refractivity contribution in [1.82, 2.24) is 0 Å². The molecule has 134 valence electrons. The van der Waals surface area contributed by atoms with Crippen molar-refractivity contribution in [2.75, 3.05) is 17.7 Å². The van der Waals surface area contributed by atoms with Crippen LogP contribution in [-0.4, -0.2) is 19.1 Å². The van der Waals surface area contributed by atoms with Gasteiger partial charge in [-0.25, -0.2) is 0 Å². The normalized spacial score (nSPS) is 10.5. The first-order chi connectivity index (χ1) is 11.9. The summed E-state index contributed by atoms with van der Waals surface area (Å²) in [5, 5.41) is 6.65. The van der Waals surface area contributed by atoms with Crippen molar-refractivity contribution in [3.05, 3.63) is 47.0 Å². The fourth-order valence-corrected chi connectivity index (χ4v) is 2.58. The molecular weight excluding hydrogens is 340 g/mol. The summed E-state index contributed by atoms with van der Waals surface area (Å²) in [6, 6.07) is 11.1. The van der Waals surface area contributed by atoms with Crippen molar-refractivity contribution in [3.63, 3.8) is 0 Å². The van der Waals surface area contributed by atoms with Crippen LogP contribution < -0.4 is 20.1 Å². The first-order valence-corrected chi connectivity index (χ1v) is 8.41. The van der Waals surface area contributed by atoms with Crippen LogP contribution >= 0.6 is 11.6 Å². The Kier molecular flexibility index (Phi) is 6.53. The zero-order valence-electron chi connectivity index (χ0n) is 14.9. The second kappa shape index (κ2) is 8.62. The fourth-order valence-electron chi connectivity index (χ4n) is 2.35. The minimum absolute atomic E-state index is 0.0192. The van der Waals surface area contributed by atoms with Gasteiger partial charge in [0.15, 0.2) is 11.5 Å². The van der Waals surface area contributed by atoms with Crippen LogP contribution in [0, 0.1) is 0 Å². The summed E-state index contributed by atoms with van der Waals surface area (Å²) < 4.78 is 11.3. The summed E-state index contributed by atoms with van der Waals surface area (Å²) in [5.41, 5.74) is 2.58. The third kappa shape index (κ3) is 5.57. The molecule has 0 aliphatic carbocycles. The molecule has 0 spiro atoms. The number of methoxy groups -OCH3 is 1. The number of halogens is 1. The molecule has 0 bridgehead atoms. The summed E-state index contributed by atoms with van der Waals surface area (Å²) in [4.78, 5) is 11.1. The first-order valence-electron chi connectivity index (χ1n) is 8.03. The molecule has 2 rings (SSSR count). The summed E-state index contributed by atoms with van der Waals surface area (Å²) in [5.74, 6) is 1.20. The molecular formula is C19H23ClN2O3. The van der Waals surface area contributed by atoms with Crippen molar-refractivity contribution in [2.45, 2.75) is 33.4 Å². The first kappa shape index (κ1) is 18.9. The number of carbonyl (C=O) groups is 1. The van der Waals surface area contributed by atoms with Gasteiger partial charge < -0.3 is 20.1 Å². The van der Waals surface area contributed by atoms with Gasteiger partial charge in [0.25, 0.3) is 0 Å². The van der Waals surface area contributed by atoms with E-state index in [4.69, 9.17) is 21.1 Å². The lowest BCUT2D eigenvalue weighted by Crippen LogP contribution is -2.11. The van der Waals surface area contributed by atoms with Gasteiger partial charge in [-0.1, -0.05) is 11.6 Å². The second-order valence-electron chi connectivity index (χ2n) is 5.87. The smallest absolute Gasteiger partial charge is 0.221 e. The minimum atomic E-state index is -0.0952. The molecule has 0 aliphatic rings. The zero-order valence-corrected chi connectivity index (χ0v) is 15.6. The lowest BCUT2D eigenvalue weighted by Gasteiger charge is -2.18. The van der Waals surface area contributed by atoms with Crippen LogP contribution in [0.1, 0.15) is 26.3 Å². The number of hydrogen-bond donors (Lipinski definition) is 2. The molecule has 0 saturated carbocycles. The van der Waals surface area contributed by atoms with Gasteiger partial charge in [-0.2, -0.15) is 0 Å². The molecule has 6 heteroatoms. The van der Waals surface area contributed by atoms with E-state index in [1.807, 2.05) is 44.2 Å². The second-order valence-corrected chi connectivity index (χ2v) is 6.31. The Morgan fingerprint density at radius 1 is 1.16 bits per heavy atom. The molecule has 2 N–H and O–H groups in total. The molecule has 25 heavy (non-hydrogen) atoms. The van der Waals surface area contributed by atoms with Crippen LogP contribution in [0.3, 0.4) is 0 Å². The van der Waals surface area contributed by atoms with E-state index in [2.05, 4.69) is 10.6 Å². The highest BCUT2D eigenvalue weighted by atomic mass is 35.5. The molecule has 0 atom stereocenters. The summed E-state index contributed by atoms with van der Waals surface area (Å²) in [6.45, 7) is 5.94. The average molecular weight is 363 g/mol. The van der Waals surface area contributed by atoms with Gasteiger partial charge in [0.1, 0.15) is 0 Å². The lowest BCUT2D eigenvalue weighted by molar-refractivity contribution is -0.114. The summed E-state index contributed by atoms with van der Waals surface area (Å²) in [7, 11) is 1.59. The zero-order chi connectivity index (χ0) is 18.4. The van der Waals surface area contributed by atoms with Gasteiger partial charge in [0, 0.05) is 41.5 Å². The van der Waals surface area contributed by atoms with Crippen LogP contribution in [0.5, 0.6) is 11.5 Å². The maximum absolute atomic E-state index is 11.1. The van der Waals surface area contributed by atoms with Gasteiger partial charge in [0.2, 0.25) is 5.91 Å². The quantitative estimate of drug-likeness (QED) is 0.749. The number of anilines is 2. The topological polar surface area (TPSA) is 59.6 Å². The van der Waals surface area contributed by atoms with Gasteiger partial charge in [-0.15, -0.1) is 0 Å². The number of carbonyl (C=O) groups excluding carboxylic acids is 1. The van der Waals surface area contributed by atoms with Gasteiger partial charge in [-0.05, 0) is 44.2 Å². The van der Waals surface area contributed by atoms with Gasteiger partial charge in [0.05, 0.1) is 13.2 Å². The molecule has 0 fully saturated rings. The number of ether oxygens (including phenoxy) is 2. The number of nitrogens with one attached hydrogen (secondary N) is 2. The Morgan fingerprint density at radius 3 is 2.36 bits per heavy atom. The van der Waals surface area contributed by atoms with E-state index in [-0.39, 0.29) is 12.0 Å². The van der Waals surface area contributed by atoms with E-state index in [9.17, 15) is 4.79 Å². The van der Waals surface area contributed by atoms with Crippen molar-refractivity contribution in [1.29, 1.82) is 0 Å². The molecule has 1 amide bonds. The predicted octanol–water partition coefficient (Wildman–Crippen LogP) is 4.71. The van der Waals surface area contributed by atoms with Crippen LogP contribution in [0.25, 0.3) is 0 Å². The molecule has 0 heterocycles. The van der Waals surface area contributed by atoms with Gasteiger partial charge >= 0.3 is 0 Å². The van der Waals surface area contributed by atoms with E-state index >= 15 is 0 Å². The van der Waals surface area contributed by atoms with Gasteiger partial charge in [-0.3, -0.25) is 4.79 Å². The molecule has 0 saturated heterocycles. The van der Waals surface area contributed by atoms with E-state index in [1.54, 1.807) is 13.2 Å². The Balaban J connectivity index is 2.16. The Labute approximate surface area is 153 Å². The molecule has 5 nitrogen and oxygen atoms in total. The molecule has 0 unspecified atom stereocenters. The number of rotatable bonds is 7. The highest BCUT2D eigenvalue weighted by molar-refractivity contribution is 6.30. The van der Waals surface area contributed by atoms with Crippen LogP contribution in [0.4, 0.5) is 11.4 Å².